The van der Waals surface area contributed by atoms with Crippen molar-refractivity contribution in [2.24, 2.45) is 5.73 Å². The number of nitrogen functional groups attached to an aromatic ring is 1. The summed E-state index contributed by atoms with van der Waals surface area (Å²) in [5.74, 6) is -0.892. The molecule has 118 valence electrons. The SMILES string of the molecule is CCCCCCNc1sc(C(=O)NCC)c(N)c1C(N)=O. The lowest BCUT2D eigenvalue weighted by molar-refractivity contribution is 0.0960. The van der Waals surface area contributed by atoms with Crippen LogP contribution in [0.4, 0.5) is 10.7 Å². The largest absolute Gasteiger partial charge is 0.397 e. The molecule has 1 aromatic heterocycles. The van der Waals surface area contributed by atoms with E-state index >= 15 is 0 Å². The average molecular weight is 312 g/mol. The third-order valence-corrected chi connectivity index (χ3v) is 4.21. The molecule has 1 aromatic rings. The minimum Gasteiger partial charge on any atom is -0.397 e. The van der Waals surface area contributed by atoms with E-state index in [1.165, 1.54) is 24.2 Å². The number of unbranched alkanes of at least 4 members (excludes halogenated alkanes) is 3. The molecule has 21 heavy (non-hydrogen) atoms. The zero-order valence-corrected chi connectivity index (χ0v) is 13.4. The summed E-state index contributed by atoms with van der Waals surface area (Å²) in [6.07, 6.45) is 4.47. The van der Waals surface area contributed by atoms with Crippen molar-refractivity contribution >= 4 is 33.8 Å². The van der Waals surface area contributed by atoms with Crippen molar-refractivity contribution in [3.8, 4) is 0 Å². The summed E-state index contributed by atoms with van der Waals surface area (Å²) in [6, 6.07) is 0. The van der Waals surface area contributed by atoms with Gasteiger partial charge in [0.1, 0.15) is 9.88 Å². The van der Waals surface area contributed by atoms with Crippen LogP contribution in [-0.2, 0) is 0 Å². The molecule has 0 aliphatic carbocycles. The molecule has 7 heteroatoms. The van der Waals surface area contributed by atoms with E-state index in [4.69, 9.17) is 11.5 Å². The van der Waals surface area contributed by atoms with Crippen LogP contribution in [0.1, 0.15) is 59.6 Å². The Bertz CT molecular complexity index is 499. The lowest BCUT2D eigenvalue weighted by atomic mass is 10.2. The molecular formula is C14H24N4O2S. The Morgan fingerprint density at radius 3 is 2.48 bits per heavy atom. The van der Waals surface area contributed by atoms with Gasteiger partial charge in [-0.2, -0.15) is 0 Å². The van der Waals surface area contributed by atoms with Crippen LogP contribution in [0.3, 0.4) is 0 Å². The highest BCUT2D eigenvalue weighted by molar-refractivity contribution is 7.19. The number of hydrogen-bond donors (Lipinski definition) is 4. The number of anilines is 2. The van der Waals surface area contributed by atoms with Crippen LogP contribution < -0.4 is 22.1 Å². The molecule has 6 N–H and O–H groups in total. The normalized spacial score (nSPS) is 10.4. The Morgan fingerprint density at radius 2 is 1.90 bits per heavy atom. The quantitative estimate of drug-likeness (QED) is 0.524. The van der Waals surface area contributed by atoms with Gasteiger partial charge in [0, 0.05) is 13.1 Å². The third-order valence-electron chi connectivity index (χ3n) is 3.05. The molecular weight excluding hydrogens is 288 g/mol. The van der Waals surface area contributed by atoms with Gasteiger partial charge in [0.2, 0.25) is 0 Å². The molecule has 0 unspecified atom stereocenters. The highest BCUT2D eigenvalue weighted by atomic mass is 32.1. The number of carbonyl (C=O) groups excluding carboxylic acids is 2. The van der Waals surface area contributed by atoms with E-state index in [9.17, 15) is 9.59 Å². The minimum absolute atomic E-state index is 0.162. The summed E-state index contributed by atoms with van der Waals surface area (Å²) < 4.78 is 0. The predicted octanol–water partition coefficient (Wildman–Crippen LogP) is 2.17. The van der Waals surface area contributed by atoms with E-state index in [1.54, 1.807) is 0 Å². The molecule has 0 aromatic carbocycles. The molecule has 0 aliphatic heterocycles. The minimum atomic E-state index is -0.615. The van der Waals surface area contributed by atoms with Crippen LogP contribution in [0.25, 0.3) is 0 Å². The molecule has 0 saturated carbocycles. The van der Waals surface area contributed by atoms with E-state index in [-0.39, 0.29) is 17.2 Å². The summed E-state index contributed by atoms with van der Waals surface area (Å²) >= 11 is 1.18. The number of hydrogen-bond acceptors (Lipinski definition) is 5. The third kappa shape index (κ3) is 4.63. The van der Waals surface area contributed by atoms with Crippen LogP contribution in [-0.4, -0.2) is 24.9 Å². The highest BCUT2D eigenvalue weighted by Crippen LogP contribution is 2.35. The number of amides is 2. The predicted molar refractivity (Wildman–Crippen MR) is 87.9 cm³/mol. The van der Waals surface area contributed by atoms with Gasteiger partial charge in [-0.05, 0) is 13.3 Å². The van der Waals surface area contributed by atoms with Crippen molar-refractivity contribution in [3.63, 3.8) is 0 Å². The summed E-state index contributed by atoms with van der Waals surface area (Å²) in [7, 11) is 0. The van der Waals surface area contributed by atoms with Crippen LogP contribution in [0.15, 0.2) is 0 Å². The Morgan fingerprint density at radius 1 is 1.19 bits per heavy atom. The first-order valence-electron chi connectivity index (χ1n) is 7.27. The Hall–Kier alpha value is -1.76. The number of primary amides is 1. The summed E-state index contributed by atoms with van der Waals surface area (Å²) in [5, 5.41) is 6.43. The fraction of sp³-hybridized carbons (Fsp3) is 0.571. The van der Waals surface area contributed by atoms with Gasteiger partial charge >= 0.3 is 0 Å². The standard InChI is InChI=1S/C14H24N4O2S/c1-3-5-6-7-8-18-14-9(12(16)19)10(15)11(21-14)13(20)17-4-2/h18H,3-8,15H2,1-2H3,(H2,16,19)(H,17,20). The zero-order chi connectivity index (χ0) is 15.8. The first-order chi connectivity index (χ1) is 10.0. The summed E-state index contributed by atoms with van der Waals surface area (Å²) in [5.41, 5.74) is 11.6. The molecule has 1 rings (SSSR count). The lowest BCUT2D eigenvalue weighted by Gasteiger charge is -2.05. The van der Waals surface area contributed by atoms with Gasteiger partial charge in [0.15, 0.2) is 0 Å². The molecule has 6 nitrogen and oxygen atoms in total. The van der Waals surface area contributed by atoms with Crippen LogP contribution in [0.2, 0.25) is 0 Å². The first kappa shape index (κ1) is 17.3. The maximum absolute atomic E-state index is 11.9. The number of thiophene rings is 1. The number of nitrogens with one attached hydrogen (secondary N) is 2. The lowest BCUT2D eigenvalue weighted by Crippen LogP contribution is -2.23. The topological polar surface area (TPSA) is 110 Å². The molecule has 0 spiro atoms. The molecule has 0 fully saturated rings. The maximum atomic E-state index is 11.9. The van der Waals surface area contributed by atoms with Crippen molar-refractivity contribution in [3.05, 3.63) is 10.4 Å². The fourth-order valence-electron chi connectivity index (χ4n) is 1.98. The van der Waals surface area contributed by atoms with Crippen molar-refractivity contribution in [2.75, 3.05) is 24.1 Å². The van der Waals surface area contributed by atoms with Crippen molar-refractivity contribution < 1.29 is 9.59 Å². The second-order valence-electron chi connectivity index (χ2n) is 4.76. The van der Waals surface area contributed by atoms with E-state index in [2.05, 4.69) is 17.6 Å². The first-order valence-corrected chi connectivity index (χ1v) is 8.08. The van der Waals surface area contributed by atoms with Crippen LogP contribution in [0.5, 0.6) is 0 Å². The maximum Gasteiger partial charge on any atom is 0.263 e. The average Bonchev–Trinajstić information content (AvgIpc) is 2.76. The van der Waals surface area contributed by atoms with Crippen LogP contribution in [0, 0.1) is 0 Å². The second kappa shape index (κ2) is 8.51. The van der Waals surface area contributed by atoms with Gasteiger partial charge in [-0.25, -0.2) is 0 Å². The number of carbonyl (C=O) groups is 2. The van der Waals surface area contributed by atoms with E-state index in [1.807, 2.05) is 6.92 Å². The molecule has 0 aliphatic rings. The summed E-state index contributed by atoms with van der Waals surface area (Å²) in [4.78, 5) is 23.8. The Kier molecular flexibility index (Phi) is 7.01. The number of nitrogens with two attached hydrogens (primary N) is 2. The molecule has 0 atom stereocenters. The van der Waals surface area contributed by atoms with E-state index < -0.39 is 5.91 Å². The van der Waals surface area contributed by atoms with Crippen molar-refractivity contribution in [1.82, 2.24) is 5.32 Å². The van der Waals surface area contributed by atoms with Gasteiger partial charge in [-0.15, -0.1) is 11.3 Å². The van der Waals surface area contributed by atoms with Gasteiger partial charge in [0.25, 0.3) is 11.8 Å². The number of rotatable bonds is 9. The zero-order valence-electron chi connectivity index (χ0n) is 12.6. The van der Waals surface area contributed by atoms with Gasteiger partial charge in [-0.3, -0.25) is 9.59 Å². The van der Waals surface area contributed by atoms with E-state index in [0.717, 1.165) is 19.4 Å². The van der Waals surface area contributed by atoms with Crippen molar-refractivity contribution in [2.45, 2.75) is 39.5 Å². The molecule has 0 bridgehead atoms. The molecule has 2 amide bonds. The Labute approximate surface area is 129 Å². The smallest absolute Gasteiger partial charge is 0.263 e. The van der Waals surface area contributed by atoms with Crippen molar-refractivity contribution in [1.29, 1.82) is 0 Å². The van der Waals surface area contributed by atoms with Crippen LogP contribution >= 0.6 is 11.3 Å². The van der Waals surface area contributed by atoms with Gasteiger partial charge in [0.05, 0.1) is 11.3 Å². The molecule has 1 heterocycles. The van der Waals surface area contributed by atoms with Gasteiger partial charge < -0.3 is 22.1 Å². The monoisotopic (exact) mass is 312 g/mol. The fourth-order valence-corrected chi connectivity index (χ4v) is 3.04. The van der Waals surface area contributed by atoms with Gasteiger partial charge in [-0.1, -0.05) is 26.2 Å². The Balaban J connectivity index is 2.84. The molecule has 0 saturated heterocycles. The summed E-state index contributed by atoms with van der Waals surface area (Å²) in [6.45, 7) is 5.21. The highest BCUT2D eigenvalue weighted by Gasteiger charge is 2.23. The van der Waals surface area contributed by atoms with E-state index in [0.29, 0.717) is 16.4 Å². The molecule has 0 radical (unpaired) electrons. The second-order valence-corrected chi connectivity index (χ2v) is 5.78.